The van der Waals surface area contributed by atoms with E-state index in [1.807, 2.05) is 0 Å². The predicted octanol–water partition coefficient (Wildman–Crippen LogP) is 5.28. The van der Waals surface area contributed by atoms with Gasteiger partial charge in [-0.15, -0.1) is 0 Å². The van der Waals surface area contributed by atoms with E-state index in [-0.39, 0.29) is 0 Å². The second kappa shape index (κ2) is 6.56. The number of hydrogen-bond donors (Lipinski definition) is 0. The third-order valence-corrected chi connectivity index (χ3v) is 3.80. The molecule has 0 aliphatic carbocycles. The fourth-order valence-corrected chi connectivity index (χ4v) is 3.02. The Bertz CT molecular complexity index is 428. The molecule has 0 saturated carbocycles. The lowest BCUT2D eigenvalue weighted by atomic mass is 9.75. The lowest BCUT2D eigenvalue weighted by Gasteiger charge is -2.30. The normalized spacial score (nSPS) is 11.5. The van der Waals surface area contributed by atoms with Crippen molar-refractivity contribution in [2.45, 2.75) is 39.5 Å². The summed E-state index contributed by atoms with van der Waals surface area (Å²) in [7, 11) is 0. The van der Waals surface area contributed by atoms with Gasteiger partial charge >= 0.3 is 0 Å². The van der Waals surface area contributed by atoms with E-state index in [0.717, 1.165) is 12.8 Å². The third kappa shape index (κ3) is 4.24. The van der Waals surface area contributed by atoms with Gasteiger partial charge in [0.05, 0.1) is 0 Å². The van der Waals surface area contributed by atoms with Crippen LogP contribution in [-0.4, -0.2) is 0 Å². The number of rotatable bonds is 6. The zero-order chi connectivity index (χ0) is 13.6. The molecule has 2 aromatic carbocycles. The summed E-state index contributed by atoms with van der Waals surface area (Å²) in [4.78, 5) is 0. The van der Waals surface area contributed by atoms with Crippen LogP contribution in [0.1, 0.15) is 37.8 Å². The first kappa shape index (κ1) is 13.9. The molecule has 0 unspecified atom stereocenters. The number of benzene rings is 2. The van der Waals surface area contributed by atoms with Gasteiger partial charge < -0.3 is 0 Å². The van der Waals surface area contributed by atoms with E-state index >= 15 is 0 Å². The molecule has 19 heavy (non-hydrogen) atoms. The van der Waals surface area contributed by atoms with Crippen LogP contribution in [0, 0.1) is 5.41 Å². The standard InChI is InChI=1S/C19H24/c1-3-14-19(2,15-17-10-6-4-7-11-17)16-18-12-8-5-9-13-18/h4-13H,3,14-16H2,1-2H3. The van der Waals surface area contributed by atoms with Gasteiger partial charge in [0.25, 0.3) is 0 Å². The minimum Gasteiger partial charge on any atom is -0.0654 e. The Balaban J connectivity index is 2.13. The Hall–Kier alpha value is -1.56. The molecule has 0 spiro atoms. The Morgan fingerprint density at radius 3 is 1.53 bits per heavy atom. The Labute approximate surface area is 117 Å². The van der Waals surface area contributed by atoms with E-state index < -0.39 is 0 Å². The molecule has 0 N–H and O–H groups in total. The van der Waals surface area contributed by atoms with Crippen LogP contribution in [0.25, 0.3) is 0 Å². The van der Waals surface area contributed by atoms with Crippen LogP contribution in [0.2, 0.25) is 0 Å². The molecule has 0 nitrogen and oxygen atoms in total. The smallest absolute Gasteiger partial charge is 0.0221 e. The van der Waals surface area contributed by atoms with Crippen molar-refractivity contribution in [1.29, 1.82) is 0 Å². The average Bonchev–Trinajstić information content (AvgIpc) is 2.41. The number of hydrogen-bond acceptors (Lipinski definition) is 0. The van der Waals surface area contributed by atoms with Gasteiger partial charge in [-0.1, -0.05) is 80.9 Å². The molecule has 2 rings (SSSR count). The topological polar surface area (TPSA) is 0 Å². The molecule has 0 atom stereocenters. The molecular weight excluding hydrogens is 228 g/mol. The van der Waals surface area contributed by atoms with Gasteiger partial charge in [-0.25, -0.2) is 0 Å². The molecule has 0 fully saturated rings. The van der Waals surface area contributed by atoms with E-state index in [1.54, 1.807) is 0 Å². The van der Waals surface area contributed by atoms with Gasteiger partial charge in [0.2, 0.25) is 0 Å². The summed E-state index contributed by atoms with van der Waals surface area (Å²) in [6.07, 6.45) is 4.85. The highest BCUT2D eigenvalue weighted by atomic mass is 14.3. The van der Waals surface area contributed by atoms with Crippen molar-refractivity contribution < 1.29 is 0 Å². The summed E-state index contributed by atoms with van der Waals surface area (Å²) in [5, 5.41) is 0. The SMILES string of the molecule is CCCC(C)(Cc1ccccc1)Cc1ccccc1. The van der Waals surface area contributed by atoms with Gasteiger partial charge in [-0.3, -0.25) is 0 Å². The van der Waals surface area contributed by atoms with Crippen molar-refractivity contribution in [3.05, 3.63) is 71.8 Å². The van der Waals surface area contributed by atoms with Crippen LogP contribution >= 0.6 is 0 Å². The minimum absolute atomic E-state index is 0.359. The zero-order valence-corrected chi connectivity index (χ0v) is 12.1. The lowest BCUT2D eigenvalue weighted by Crippen LogP contribution is -2.22. The highest BCUT2D eigenvalue weighted by molar-refractivity contribution is 5.20. The summed E-state index contributed by atoms with van der Waals surface area (Å²) in [6.45, 7) is 4.71. The summed E-state index contributed by atoms with van der Waals surface area (Å²) >= 11 is 0. The van der Waals surface area contributed by atoms with Crippen molar-refractivity contribution >= 4 is 0 Å². The van der Waals surface area contributed by atoms with Gasteiger partial charge in [0, 0.05) is 0 Å². The summed E-state index contributed by atoms with van der Waals surface area (Å²) in [5.74, 6) is 0. The second-order valence-corrected chi connectivity index (χ2v) is 5.89. The maximum Gasteiger partial charge on any atom is -0.0221 e. The first-order chi connectivity index (χ1) is 9.22. The van der Waals surface area contributed by atoms with Gasteiger partial charge in [0.1, 0.15) is 0 Å². The molecule has 0 aliphatic heterocycles. The lowest BCUT2D eigenvalue weighted by molar-refractivity contribution is 0.288. The predicted molar refractivity (Wildman–Crippen MR) is 83.3 cm³/mol. The largest absolute Gasteiger partial charge is 0.0654 e. The van der Waals surface area contributed by atoms with E-state index in [1.165, 1.54) is 24.0 Å². The van der Waals surface area contributed by atoms with Crippen molar-refractivity contribution in [2.75, 3.05) is 0 Å². The van der Waals surface area contributed by atoms with E-state index in [9.17, 15) is 0 Å². The van der Waals surface area contributed by atoms with Crippen LogP contribution in [0.3, 0.4) is 0 Å². The van der Waals surface area contributed by atoms with Crippen molar-refractivity contribution in [3.63, 3.8) is 0 Å². The molecule has 0 radical (unpaired) electrons. The maximum atomic E-state index is 2.43. The van der Waals surface area contributed by atoms with Crippen molar-refractivity contribution in [2.24, 2.45) is 5.41 Å². The Kier molecular flexibility index (Phi) is 4.79. The molecule has 0 bridgehead atoms. The Morgan fingerprint density at radius 1 is 0.737 bits per heavy atom. The van der Waals surface area contributed by atoms with Crippen LogP contribution in [-0.2, 0) is 12.8 Å². The molecule has 0 aromatic heterocycles. The highest BCUT2D eigenvalue weighted by Crippen LogP contribution is 2.32. The van der Waals surface area contributed by atoms with Crippen LogP contribution in [0.15, 0.2) is 60.7 Å². The molecular formula is C19H24. The fourth-order valence-electron chi connectivity index (χ4n) is 3.02. The molecule has 2 aromatic rings. The van der Waals surface area contributed by atoms with Crippen LogP contribution < -0.4 is 0 Å². The van der Waals surface area contributed by atoms with E-state index in [4.69, 9.17) is 0 Å². The highest BCUT2D eigenvalue weighted by Gasteiger charge is 2.24. The van der Waals surface area contributed by atoms with E-state index in [0.29, 0.717) is 5.41 Å². The van der Waals surface area contributed by atoms with Crippen LogP contribution in [0.5, 0.6) is 0 Å². The molecule has 100 valence electrons. The summed E-state index contributed by atoms with van der Waals surface area (Å²) < 4.78 is 0. The molecule has 0 aliphatic rings. The molecule has 0 saturated heterocycles. The second-order valence-electron chi connectivity index (χ2n) is 5.89. The van der Waals surface area contributed by atoms with Gasteiger partial charge in [-0.2, -0.15) is 0 Å². The van der Waals surface area contributed by atoms with Gasteiger partial charge in [0.15, 0.2) is 0 Å². The molecule has 0 heteroatoms. The monoisotopic (exact) mass is 252 g/mol. The third-order valence-electron chi connectivity index (χ3n) is 3.80. The fraction of sp³-hybridized carbons (Fsp3) is 0.368. The minimum atomic E-state index is 0.359. The van der Waals surface area contributed by atoms with Crippen molar-refractivity contribution in [3.8, 4) is 0 Å². The first-order valence-corrected chi connectivity index (χ1v) is 7.30. The zero-order valence-electron chi connectivity index (χ0n) is 12.1. The first-order valence-electron chi connectivity index (χ1n) is 7.30. The quantitative estimate of drug-likeness (QED) is 0.656. The molecule has 0 heterocycles. The Morgan fingerprint density at radius 2 is 1.16 bits per heavy atom. The molecule has 0 amide bonds. The van der Waals surface area contributed by atoms with Crippen molar-refractivity contribution in [1.82, 2.24) is 0 Å². The summed E-state index contributed by atoms with van der Waals surface area (Å²) in [6, 6.07) is 21.8. The van der Waals surface area contributed by atoms with Gasteiger partial charge in [-0.05, 0) is 35.8 Å². The maximum absolute atomic E-state index is 2.43. The summed E-state index contributed by atoms with van der Waals surface area (Å²) in [5.41, 5.74) is 3.26. The average molecular weight is 252 g/mol. The van der Waals surface area contributed by atoms with E-state index in [2.05, 4.69) is 74.5 Å². The van der Waals surface area contributed by atoms with Crippen LogP contribution in [0.4, 0.5) is 0 Å².